The third-order valence-corrected chi connectivity index (χ3v) is 4.24. The number of hydrogen-bond acceptors (Lipinski definition) is 4. The van der Waals surface area contributed by atoms with E-state index in [9.17, 15) is 5.11 Å². The van der Waals surface area contributed by atoms with Crippen LogP contribution in [0.2, 0.25) is 0 Å². The summed E-state index contributed by atoms with van der Waals surface area (Å²) in [6.45, 7) is 7.98. The van der Waals surface area contributed by atoms with Gasteiger partial charge in [0.25, 0.3) is 0 Å². The Balaban J connectivity index is 2.15. The molecule has 0 spiro atoms. The molecule has 0 aromatic rings. The molecule has 0 aromatic carbocycles. The maximum absolute atomic E-state index is 10.00. The molecule has 2 N–H and O–H groups in total. The third kappa shape index (κ3) is 2.35. The smallest absolute Gasteiger partial charge is 0.192 e. The van der Waals surface area contributed by atoms with Gasteiger partial charge in [0.2, 0.25) is 0 Å². The first-order valence-corrected chi connectivity index (χ1v) is 6.69. The highest BCUT2D eigenvalue weighted by Gasteiger charge is 2.55. The molecule has 2 aliphatic heterocycles. The predicted octanol–water partition coefficient (Wildman–Crippen LogP) is 1.46. The number of aliphatic hydroxyl groups is 2. The van der Waals surface area contributed by atoms with Crippen LogP contribution in [0.5, 0.6) is 0 Å². The lowest BCUT2D eigenvalue weighted by Gasteiger charge is -2.42. The molecule has 104 valence electrons. The largest absolute Gasteiger partial charge is 0.392 e. The van der Waals surface area contributed by atoms with Crippen LogP contribution in [0.3, 0.4) is 0 Å². The van der Waals surface area contributed by atoms with Crippen molar-refractivity contribution in [2.75, 3.05) is 6.61 Å². The van der Waals surface area contributed by atoms with E-state index in [1.165, 1.54) is 0 Å². The van der Waals surface area contributed by atoms with Crippen molar-refractivity contribution in [3.05, 3.63) is 11.6 Å². The molecule has 0 aromatic heterocycles. The summed E-state index contributed by atoms with van der Waals surface area (Å²) in [5, 5.41) is 19.1. The Morgan fingerprint density at radius 2 is 2.17 bits per heavy atom. The monoisotopic (exact) mass is 256 g/mol. The molecule has 4 heteroatoms. The Hall–Kier alpha value is -0.420. The van der Waals surface area contributed by atoms with Crippen LogP contribution in [-0.2, 0) is 9.47 Å². The van der Waals surface area contributed by atoms with E-state index >= 15 is 0 Å². The minimum Gasteiger partial charge on any atom is -0.392 e. The van der Waals surface area contributed by atoms with E-state index in [1.807, 2.05) is 19.9 Å². The molecule has 0 amide bonds. The first kappa shape index (κ1) is 14.0. The Bertz CT molecular complexity index is 341. The van der Waals surface area contributed by atoms with Gasteiger partial charge < -0.3 is 19.7 Å². The molecular formula is C14H24O4. The summed E-state index contributed by atoms with van der Waals surface area (Å²) in [4.78, 5) is 0. The van der Waals surface area contributed by atoms with Crippen LogP contribution in [0.1, 0.15) is 34.1 Å². The standard InChI is InChI=1S/C14H24O4/c1-8(7-15)5-9(2)13-10(3)11-6-12(16)14(4,17-11)18-13/h5,9-13,15-16H,6-7H2,1-4H3/b8-5+/t9-,10+,11-,12?,13-,14-/m1/s1. The van der Waals surface area contributed by atoms with Crippen molar-refractivity contribution in [1.82, 2.24) is 0 Å². The fourth-order valence-corrected chi connectivity index (χ4v) is 3.06. The van der Waals surface area contributed by atoms with E-state index in [-0.39, 0.29) is 30.7 Å². The highest BCUT2D eigenvalue weighted by Crippen LogP contribution is 2.44. The van der Waals surface area contributed by atoms with Gasteiger partial charge >= 0.3 is 0 Å². The second-order valence-corrected chi connectivity index (χ2v) is 5.90. The molecule has 1 unspecified atom stereocenters. The van der Waals surface area contributed by atoms with Gasteiger partial charge in [-0.25, -0.2) is 0 Å². The second kappa shape index (κ2) is 4.93. The van der Waals surface area contributed by atoms with Crippen molar-refractivity contribution in [2.24, 2.45) is 11.8 Å². The molecule has 2 heterocycles. The van der Waals surface area contributed by atoms with E-state index in [0.29, 0.717) is 6.42 Å². The quantitative estimate of drug-likeness (QED) is 0.751. The molecule has 2 rings (SSSR count). The second-order valence-electron chi connectivity index (χ2n) is 5.90. The average molecular weight is 256 g/mol. The van der Waals surface area contributed by atoms with Gasteiger partial charge in [-0.3, -0.25) is 0 Å². The Labute approximate surface area is 109 Å². The van der Waals surface area contributed by atoms with Gasteiger partial charge in [-0.2, -0.15) is 0 Å². The molecule has 2 saturated heterocycles. The lowest BCUT2D eigenvalue weighted by Crippen LogP contribution is -2.50. The van der Waals surface area contributed by atoms with Crippen molar-refractivity contribution < 1.29 is 19.7 Å². The number of ether oxygens (including phenoxy) is 2. The van der Waals surface area contributed by atoms with Crippen molar-refractivity contribution in [1.29, 1.82) is 0 Å². The molecule has 2 fully saturated rings. The number of hydrogen-bond donors (Lipinski definition) is 2. The van der Waals surface area contributed by atoms with Gasteiger partial charge in [0.1, 0.15) is 6.10 Å². The summed E-state index contributed by atoms with van der Waals surface area (Å²) in [7, 11) is 0. The van der Waals surface area contributed by atoms with Gasteiger partial charge in [0.15, 0.2) is 5.79 Å². The van der Waals surface area contributed by atoms with Crippen molar-refractivity contribution in [3.8, 4) is 0 Å². The van der Waals surface area contributed by atoms with E-state index in [4.69, 9.17) is 14.6 Å². The molecule has 4 nitrogen and oxygen atoms in total. The normalized spacial score (nSPS) is 46.2. The van der Waals surface area contributed by atoms with Crippen LogP contribution in [0.4, 0.5) is 0 Å². The molecule has 0 saturated carbocycles. The van der Waals surface area contributed by atoms with E-state index in [1.54, 1.807) is 0 Å². The zero-order valence-corrected chi connectivity index (χ0v) is 11.6. The van der Waals surface area contributed by atoms with Crippen LogP contribution in [0.15, 0.2) is 11.6 Å². The molecule has 2 bridgehead atoms. The lowest BCUT2D eigenvalue weighted by atomic mass is 9.87. The number of fused-ring (bicyclic) bond motifs is 2. The third-order valence-electron chi connectivity index (χ3n) is 4.24. The van der Waals surface area contributed by atoms with Gasteiger partial charge in [-0.1, -0.05) is 25.5 Å². The summed E-state index contributed by atoms with van der Waals surface area (Å²) in [5.74, 6) is -0.423. The van der Waals surface area contributed by atoms with E-state index < -0.39 is 11.9 Å². The maximum atomic E-state index is 10.00. The Morgan fingerprint density at radius 3 is 2.78 bits per heavy atom. The summed E-state index contributed by atoms with van der Waals surface area (Å²) in [5.41, 5.74) is 0.947. The molecule has 0 aliphatic carbocycles. The molecular weight excluding hydrogens is 232 g/mol. The maximum Gasteiger partial charge on any atom is 0.192 e. The zero-order valence-electron chi connectivity index (χ0n) is 11.6. The van der Waals surface area contributed by atoms with Crippen LogP contribution in [0, 0.1) is 11.8 Å². The number of rotatable bonds is 3. The van der Waals surface area contributed by atoms with Gasteiger partial charge in [0.05, 0.1) is 18.8 Å². The Morgan fingerprint density at radius 1 is 1.50 bits per heavy atom. The summed E-state index contributed by atoms with van der Waals surface area (Å²) < 4.78 is 11.8. The number of aliphatic hydroxyl groups excluding tert-OH is 2. The van der Waals surface area contributed by atoms with Crippen molar-refractivity contribution >= 4 is 0 Å². The van der Waals surface area contributed by atoms with Crippen LogP contribution >= 0.6 is 0 Å². The van der Waals surface area contributed by atoms with Crippen LogP contribution in [0.25, 0.3) is 0 Å². The molecule has 6 atom stereocenters. The first-order valence-electron chi connectivity index (χ1n) is 6.69. The van der Waals surface area contributed by atoms with Crippen molar-refractivity contribution in [2.45, 2.75) is 58.2 Å². The fourth-order valence-electron chi connectivity index (χ4n) is 3.06. The van der Waals surface area contributed by atoms with Crippen LogP contribution in [-0.4, -0.2) is 40.9 Å². The highest BCUT2D eigenvalue weighted by atomic mass is 16.7. The first-order chi connectivity index (χ1) is 8.37. The molecule has 18 heavy (non-hydrogen) atoms. The lowest BCUT2D eigenvalue weighted by molar-refractivity contribution is -0.319. The van der Waals surface area contributed by atoms with E-state index in [2.05, 4.69) is 13.8 Å². The minimum atomic E-state index is -0.864. The summed E-state index contributed by atoms with van der Waals surface area (Å²) in [6.07, 6.45) is 2.22. The Kier molecular flexibility index (Phi) is 3.83. The summed E-state index contributed by atoms with van der Waals surface area (Å²) >= 11 is 0. The van der Waals surface area contributed by atoms with Gasteiger partial charge in [-0.05, 0) is 13.8 Å². The highest BCUT2D eigenvalue weighted by molar-refractivity contribution is 5.05. The minimum absolute atomic E-state index is 0.0207. The summed E-state index contributed by atoms with van der Waals surface area (Å²) in [6, 6.07) is 0. The van der Waals surface area contributed by atoms with Crippen LogP contribution < -0.4 is 0 Å². The SMILES string of the molecule is C/C(=C\[C@@H](C)[C@H]1O[C@@]2(C)O[C@H](CC2O)[C@@H]1C)CO. The van der Waals surface area contributed by atoms with E-state index in [0.717, 1.165) is 5.57 Å². The molecule has 0 radical (unpaired) electrons. The van der Waals surface area contributed by atoms with Gasteiger partial charge in [0, 0.05) is 18.3 Å². The average Bonchev–Trinajstić information content (AvgIpc) is 2.57. The fraction of sp³-hybridized carbons (Fsp3) is 0.857. The van der Waals surface area contributed by atoms with Gasteiger partial charge in [-0.15, -0.1) is 0 Å². The molecule has 2 aliphatic rings. The zero-order chi connectivity index (χ0) is 13.5. The topological polar surface area (TPSA) is 58.9 Å². The predicted molar refractivity (Wildman–Crippen MR) is 67.9 cm³/mol. The van der Waals surface area contributed by atoms with Crippen molar-refractivity contribution in [3.63, 3.8) is 0 Å².